The normalized spacial score (nSPS) is 13.2. The van der Waals surface area contributed by atoms with Gasteiger partial charge in [0.2, 0.25) is 0 Å². The van der Waals surface area contributed by atoms with Crippen LogP contribution in [0.3, 0.4) is 0 Å². The summed E-state index contributed by atoms with van der Waals surface area (Å²) in [6.07, 6.45) is 7.09. The summed E-state index contributed by atoms with van der Waals surface area (Å²) in [6.45, 7) is 21.3. The van der Waals surface area contributed by atoms with Gasteiger partial charge in [-0.25, -0.2) is 14.6 Å². The van der Waals surface area contributed by atoms with Crippen LogP contribution in [0.2, 0.25) is 51.4 Å². The Kier molecular flexibility index (Phi) is 10.3. The van der Waals surface area contributed by atoms with Gasteiger partial charge in [-0.3, -0.25) is 4.57 Å². The maximum atomic E-state index is 14.8. The first-order valence-electron chi connectivity index (χ1n) is 12.0. The van der Waals surface area contributed by atoms with E-state index in [9.17, 15) is 4.57 Å². The van der Waals surface area contributed by atoms with Crippen molar-refractivity contribution in [2.24, 2.45) is 0 Å². The quantitative estimate of drug-likeness (QED) is 0.201. The van der Waals surface area contributed by atoms with Crippen molar-refractivity contribution in [1.82, 2.24) is 23.8 Å². The molecule has 0 fully saturated rings. The van der Waals surface area contributed by atoms with Gasteiger partial charge in [-0.15, -0.1) is 0 Å². The highest BCUT2D eigenvalue weighted by molar-refractivity contribution is 7.75. The molecule has 0 saturated carbocycles. The highest BCUT2D eigenvalue weighted by Crippen LogP contribution is 2.46. The van der Waals surface area contributed by atoms with E-state index < -0.39 is 23.4 Å². The van der Waals surface area contributed by atoms with Gasteiger partial charge in [0.1, 0.15) is 13.5 Å². The fraction of sp³-hybridized carbons (Fsp3) is 0.727. The third-order valence-electron chi connectivity index (χ3n) is 5.51. The molecule has 0 radical (unpaired) electrons. The van der Waals surface area contributed by atoms with Crippen molar-refractivity contribution in [2.45, 2.75) is 78.7 Å². The van der Waals surface area contributed by atoms with Gasteiger partial charge in [-0.2, -0.15) is 0 Å². The van der Waals surface area contributed by atoms with Gasteiger partial charge in [-0.05, 0) is 12.1 Å². The van der Waals surface area contributed by atoms with Crippen LogP contribution < -0.4 is 11.1 Å². The molecule has 11 heteroatoms. The van der Waals surface area contributed by atoms with E-state index in [2.05, 4.69) is 49.3 Å². The number of hydrogen-bond donors (Lipinski definition) is 0. The molecule has 0 saturated heterocycles. The maximum Gasteiger partial charge on any atom is 0.275 e. The Morgan fingerprint density at radius 1 is 0.818 bits per heavy atom. The zero-order chi connectivity index (χ0) is 24.7. The van der Waals surface area contributed by atoms with E-state index in [-0.39, 0.29) is 0 Å². The van der Waals surface area contributed by atoms with Crippen LogP contribution in [0, 0.1) is 0 Å². The van der Waals surface area contributed by atoms with E-state index in [1.54, 1.807) is 12.4 Å². The van der Waals surface area contributed by atoms with Gasteiger partial charge in [0.25, 0.3) is 7.29 Å². The first-order valence-corrected chi connectivity index (χ1v) is 21.0. The Labute approximate surface area is 202 Å². The predicted molar refractivity (Wildman–Crippen MR) is 142 cm³/mol. The first kappa shape index (κ1) is 28.2. The minimum absolute atomic E-state index is 0.332. The Balaban J connectivity index is 2.29. The van der Waals surface area contributed by atoms with Crippen LogP contribution in [0.25, 0.3) is 0 Å². The van der Waals surface area contributed by atoms with Crippen molar-refractivity contribution in [1.29, 1.82) is 0 Å². The second kappa shape index (κ2) is 12.1. The predicted octanol–water partition coefficient (Wildman–Crippen LogP) is 4.27. The molecule has 0 N–H and O–H groups in total. The summed E-state index contributed by atoms with van der Waals surface area (Å²) in [7, 11) is -5.63. The number of nitrogens with zero attached hydrogens (tertiary/aromatic N) is 5. The van der Waals surface area contributed by atoms with Crippen molar-refractivity contribution in [2.75, 3.05) is 26.3 Å². The lowest BCUT2D eigenvalue weighted by atomic mass is 10.7. The molecule has 0 aliphatic rings. The summed E-state index contributed by atoms with van der Waals surface area (Å²) >= 11 is 0. The third kappa shape index (κ3) is 8.01. The number of ether oxygens (including phenoxy) is 2. The Morgan fingerprint density at radius 3 is 1.55 bits per heavy atom. The standard InChI is InChI=1S/C22H44N5O3PSi2/c1-9-27(10-2)31(28,21-23-11-13-25(21)19-29-15-17-32(3,4)5)22-24-12-14-26(22)20-30-16-18-33(6,7)8/h11-14H,9-10,15-20H2,1-8H3. The fourth-order valence-corrected chi connectivity index (χ4v) is 7.78. The van der Waals surface area contributed by atoms with Crippen LogP contribution in [0.4, 0.5) is 0 Å². The van der Waals surface area contributed by atoms with Crippen molar-refractivity contribution >= 4 is 34.6 Å². The van der Waals surface area contributed by atoms with Gasteiger partial charge in [0, 0.05) is 67.2 Å². The van der Waals surface area contributed by atoms with Gasteiger partial charge < -0.3 is 18.6 Å². The molecule has 2 rings (SSSR count). The fourth-order valence-electron chi connectivity index (χ4n) is 3.40. The average Bonchev–Trinajstić information content (AvgIpc) is 3.38. The van der Waals surface area contributed by atoms with Crippen molar-refractivity contribution in [3.8, 4) is 0 Å². The lowest BCUT2D eigenvalue weighted by molar-refractivity contribution is 0.0884. The van der Waals surface area contributed by atoms with Crippen LogP contribution in [0.5, 0.6) is 0 Å². The Hall–Kier alpha value is -1.04. The summed E-state index contributed by atoms with van der Waals surface area (Å²) in [5.41, 5.74) is 1.02. The monoisotopic (exact) mass is 513 g/mol. The Morgan fingerprint density at radius 2 is 1.21 bits per heavy atom. The highest BCUT2D eigenvalue weighted by Gasteiger charge is 2.41. The number of aromatic nitrogens is 4. The summed E-state index contributed by atoms with van der Waals surface area (Å²) in [4.78, 5) is 9.11. The van der Waals surface area contributed by atoms with E-state index >= 15 is 0 Å². The minimum atomic E-state index is -3.28. The van der Waals surface area contributed by atoms with E-state index in [4.69, 9.17) is 9.47 Å². The molecule has 0 atom stereocenters. The highest BCUT2D eigenvalue weighted by atomic mass is 31.2. The third-order valence-corrected chi connectivity index (χ3v) is 12.1. The molecule has 0 unspecified atom stereocenters. The molecule has 0 aliphatic carbocycles. The van der Waals surface area contributed by atoms with Crippen LogP contribution >= 0.6 is 7.29 Å². The molecule has 2 aromatic rings. The molecule has 188 valence electrons. The molecular weight excluding hydrogens is 469 g/mol. The summed E-state index contributed by atoms with van der Waals surface area (Å²) < 4.78 is 32.4. The zero-order valence-corrected chi connectivity index (χ0v) is 24.8. The molecular formula is C22H44N5O3PSi2. The summed E-state index contributed by atoms with van der Waals surface area (Å²) in [5, 5.41) is 0. The number of hydrogen-bond acceptors (Lipinski definition) is 5. The Bertz CT molecular complexity index is 836. The second-order valence-corrected chi connectivity index (χ2v) is 24.6. The molecule has 0 aliphatic heterocycles. The van der Waals surface area contributed by atoms with E-state index in [1.165, 1.54) is 0 Å². The van der Waals surface area contributed by atoms with Crippen LogP contribution in [0.15, 0.2) is 24.8 Å². The summed E-state index contributed by atoms with van der Waals surface area (Å²) in [5.74, 6) is 0. The zero-order valence-electron chi connectivity index (χ0n) is 21.9. The van der Waals surface area contributed by atoms with Crippen molar-refractivity contribution < 1.29 is 14.0 Å². The molecule has 2 aromatic heterocycles. The average molecular weight is 514 g/mol. The van der Waals surface area contributed by atoms with Gasteiger partial charge >= 0.3 is 0 Å². The molecule has 8 nitrogen and oxygen atoms in total. The molecule has 0 amide bonds. The topological polar surface area (TPSA) is 74.4 Å². The summed E-state index contributed by atoms with van der Waals surface area (Å²) in [6, 6.07) is 2.17. The first-order chi connectivity index (χ1) is 15.4. The van der Waals surface area contributed by atoms with Crippen LogP contribution in [-0.2, 0) is 27.5 Å². The maximum absolute atomic E-state index is 14.8. The number of rotatable bonds is 15. The van der Waals surface area contributed by atoms with Crippen LogP contribution in [-0.4, -0.2) is 66.2 Å². The van der Waals surface area contributed by atoms with E-state index in [1.807, 2.05) is 40.0 Å². The molecule has 0 bridgehead atoms. The minimum Gasteiger partial charge on any atom is -0.361 e. The van der Waals surface area contributed by atoms with E-state index in [0.717, 1.165) is 12.1 Å². The van der Waals surface area contributed by atoms with E-state index in [0.29, 0.717) is 50.9 Å². The number of imidazole rings is 2. The van der Waals surface area contributed by atoms with Gasteiger partial charge in [0.15, 0.2) is 11.1 Å². The molecule has 2 heterocycles. The second-order valence-electron chi connectivity index (χ2n) is 10.8. The SMILES string of the molecule is CCN(CC)P(=O)(c1nccn1COCC[Si](C)(C)C)c1nccn1COCC[Si](C)(C)C. The van der Waals surface area contributed by atoms with Gasteiger partial charge in [0.05, 0.1) is 0 Å². The van der Waals surface area contributed by atoms with Gasteiger partial charge in [-0.1, -0.05) is 53.1 Å². The smallest absolute Gasteiger partial charge is 0.275 e. The van der Waals surface area contributed by atoms with Crippen molar-refractivity contribution in [3.63, 3.8) is 0 Å². The molecule has 0 aromatic carbocycles. The largest absolute Gasteiger partial charge is 0.361 e. The lowest BCUT2D eigenvalue weighted by Crippen LogP contribution is -2.40. The van der Waals surface area contributed by atoms with Crippen molar-refractivity contribution in [3.05, 3.63) is 24.8 Å². The molecule has 33 heavy (non-hydrogen) atoms. The lowest BCUT2D eigenvalue weighted by Gasteiger charge is -2.29. The van der Waals surface area contributed by atoms with Crippen LogP contribution in [0.1, 0.15) is 13.8 Å². The molecule has 0 spiro atoms.